The lowest BCUT2D eigenvalue weighted by molar-refractivity contribution is -0.123. The van der Waals surface area contributed by atoms with E-state index >= 15 is 0 Å². The molecule has 6 nitrogen and oxygen atoms in total. The van der Waals surface area contributed by atoms with Crippen molar-refractivity contribution in [2.24, 2.45) is 5.73 Å². The quantitative estimate of drug-likeness (QED) is 0.808. The van der Waals surface area contributed by atoms with Crippen molar-refractivity contribution in [1.82, 2.24) is 0 Å². The summed E-state index contributed by atoms with van der Waals surface area (Å²) in [6.45, 7) is 1.42. The number of nitrogens with two attached hydrogens (primary N) is 1. The van der Waals surface area contributed by atoms with E-state index in [9.17, 15) is 14.4 Å². The van der Waals surface area contributed by atoms with Gasteiger partial charge in [-0.1, -0.05) is 23.7 Å². The molecule has 0 fully saturated rings. The molecule has 0 saturated carbocycles. The average Bonchev–Trinajstić information content (AvgIpc) is 2.95. The molecule has 0 aliphatic heterocycles. The van der Waals surface area contributed by atoms with Crippen molar-refractivity contribution in [2.45, 2.75) is 13.0 Å². The predicted molar refractivity (Wildman–Crippen MR) is 87.8 cm³/mol. The number of amides is 2. The number of hydrogen-bond acceptors (Lipinski definition) is 5. The molecule has 0 unspecified atom stereocenters. The molecular weight excluding hydrogens is 340 g/mol. The highest BCUT2D eigenvalue weighted by atomic mass is 35.5. The van der Waals surface area contributed by atoms with Gasteiger partial charge in [0.25, 0.3) is 11.8 Å². The van der Waals surface area contributed by atoms with Crippen LogP contribution in [-0.2, 0) is 9.53 Å². The highest BCUT2D eigenvalue weighted by Crippen LogP contribution is 2.23. The number of anilines is 1. The van der Waals surface area contributed by atoms with Crippen LogP contribution in [0, 0.1) is 0 Å². The van der Waals surface area contributed by atoms with Crippen LogP contribution in [0.4, 0.5) is 5.00 Å². The maximum atomic E-state index is 12.1. The Hall–Kier alpha value is -2.38. The normalized spacial score (nSPS) is 11.6. The lowest BCUT2D eigenvalue weighted by Gasteiger charge is -2.13. The fraction of sp³-hybridized carbons (Fsp3) is 0.133. The molecule has 0 bridgehead atoms. The van der Waals surface area contributed by atoms with E-state index in [1.165, 1.54) is 19.1 Å². The van der Waals surface area contributed by atoms with Crippen molar-refractivity contribution in [3.05, 3.63) is 51.9 Å². The minimum atomic E-state index is -1.07. The number of rotatable bonds is 5. The first-order chi connectivity index (χ1) is 10.9. The van der Waals surface area contributed by atoms with E-state index in [2.05, 4.69) is 5.32 Å². The molecule has 1 heterocycles. The van der Waals surface area contributed by atoms with Crippen LogP contribution in [0.1, 0.15) is 27.6 Å². The molecule has 0 saturated heterocycles. The lowest BCUT2D eigenvalue weighted by Crippen LogP contribution is -2.30. The zero-order valence-corrected chi connectivity index (χ0v) is 13.6. The minimum absolute atomic E-state index is 0.169. The van der Waals surface area contributed by atoms with E-state index in [4.69, 9.17) is 22.1 Å². The number of primary amides is 1. The van der Waals surface area contributed by atoms with Gasteiger partial charge < -0.3 is 15.8 Å². The summed E-state index contributed by atoms with van der Waals surface area (Å²) in [7, 11) is 0. The van der Waals surface area contributed by atoms with Crippen molar-refractivity contribution in [1.29, 1.82) is 0 Å². The van der Waals surface area contributed by atoms with Crippen molar-refractivity contribution < 1.29 is 19.1 Å². The number of halogens is 1. The highest BCUT2D eigenvalue weighted by Gasteiger charge is 2.22. The van der Waals surface area contributed by atoms with Crippen molar-refractivity contribution in [3.63, 3.8) is 0 Å². The van der Waals surface area contributed by atoms with Gasteiger partial charge in [0.2, 0.25) is 0 Å². The van der Waals surface area contributed by atoms with Crippen molar-refractivity contribution in [2.75, 3.05) is 5.32 Å². The molecule has 23 heavy (non-hydrogen) atoms. The van der Waals surface area contributed by atoms with E-state index < -0.39 is 23.9 Å². The second-order valence-corrected chi connectivity index (χ2v) is 5.87. The minimum Gasteiger partial charge on any atom is -0.449 e. The Balaban J connectivity index is 2.03. The molecule has 120 valence electrons. The lowest BCUT2D eigenvalue weighted by atomic mass is 10.2. The molecular formula is C15H13ClN2O4S. The summed E-state index contributed by atoms with van der Waals surface area (Å²) >= 11 is 7.05. The summed E-state index contributed by atoms with van der Waals surface area (Å²) in [6, 6.07) is 7.87. The summed E-state index contributed by atoms with van der Waals surface area (Å²) < 4.78 is 5.08. The van der Waals surface area contributed by atoms with Gasteiger partial charge in [-0.15, -0.1) is 11.3 Å². The number of carbonyl (C=O) groups is 3. The number of benzene rings is 1. The van der Waals surface area contributed by atoms with Crippen molar-refractivity contribution in [3.8, 4) is 0 Å². The smallest absolute Gasteiger partial charge is 0.340 e. The number of carbonyl (C=O) groups excluding carboxylic acids is 3. The van der Waals surface area contributed by atoms with Crippen molar-refractivity contribution >= 4 is 45.7 Å². The number of thiophene rings is 1. The highest BCUT2D eigenvalue weighted by molar-refractivity contribution is 7.14. The molecule has 0 aliphatic rings. The third-order valence-electron chi connectivity index (χ3n) is 2.91. The van der Waals surface area contributed by atoms with Gasteiger partial charge in [0.05, 0.1) is 16.1 Å². The maximum Gasteiger partial charge on any atom is 0.340 e. The molecule has 1 aromatic heterocycles. The van der Waals surface area contributed by atoms with Gasteiger partial charge in [0.15, 0.2) is 6.10 Å². The molecule has 0 aliphatic carbocycles. The Morgan fingerprint density at radius 1 is 1.22 bits per heavy atom. The van der Waals surface area contributed by atoms with Gasteiger partial charge in [-0.2, -0.15) is 0 Å². The molecule has 0 spiro atoms. The van der Waals surface area contributed by atoms with E-state index in [0.717, 1.165) is 11.3 Å². The van der Waals surface area contributed by atoms with Gasteiger partial charge in [-0.3, -0.25) is 9.59 Å². The zero-order chi connectivity index (χ0) is 17.0. The van der Waals surface area contributed by atoms with E-state index in [1.807, 2.05) is 0 Å². The Labute approximate surface area is 141 Å². The van der Waals surface area contributed by atoms with Crippen LogP contribution in [-0.4, -0.2) is 23.9 Å². The Bertz CT molecular complexity index is 759. The molecule has 1 atom stereocenters. The van der Waals surface area contributed by atoms with Crippen LogP contribution in [0.5, 0.6) is 0 Å². The standard InChI is InChI=1S/C15H13ClN2O4S/c1-8(22-15(21)9-4-2-3-5-11(9)16)13(20)18-14-10(12(17)19)6-7-23-14/h2-8H,1H3,(H2,17,19)(H,18,20)/t8-/m1/s1. The topological polar surface area (TPSA) is 98.5 Å². The van der Waals surface area contributed by atoms with E-state index in [0.29, 0.717) is 5.00 Å². The monoisotopic (exact) mass is 352 g/mol. The fourth-order valence-corrected chi connectivity index (χ4v) is 2.73. The van der Waals surface area contributed by atoms with Gasteiger partial charge in [-0.05, 0) is 30.5 Å². The summed E-state index contributed by atoms with van der Waals surface area (Å²) in [5.41, 5.74) is 5.57. The molecule has 2 amide bonds. The Kier molecular flexibility index (Phi) is 5.36. The maximum absolute atomic E-state index is 12.1. The van der Waals surface area contributed by atoms with Crippen LogP contribution in [0.2, 0.25) is 5.02 Å². The average molecular weight is 353 g/mol. The molecule has 1 aromatic carbocycles. The van der Waals surface area contributed by atoms with Crippen LogP contribution >= 0.6 is 22.9 Å². The molecule has 3 N–H and O–H groups in total. The van der Waals surface area contributed by atoms with Gasteiger partial charge in [0.1, 0.15) is 5.00 Å². The van der Waals surface area contributed by atoms with E-state index in [1.54, 1.807) is 23.6 Å². The first kappa shape index (κ1) is 17.0. The summed E-state index contributed by atoms with van der Waals surface area (Å²) in [4.78, 5) is 35.3. The summed E-state index contributed by atoms with van der Waals surface area (Å²) in [5.74, 6) is -1.93. The number of nitrogens with one attached hydrogen (secondary N) is 1. The Morgan fingerprint density at radius 3 is 2.57 bits per heavy atom. The predicted octanol–water partition coefficient (Wildman–Crippen LogP) is 2.68. The first-order valence-electron chi connectivity index (χ1n) is 6.54. The summed E-state index contributed by atoms with van der Waals surface area (Å²) in [5, 5.41) is 4.68. The SMILES string of the molecule is C[C@@H](OC(=O)c1ccccc1Cl)C(=O)Nc1sccc1C(N)=O. The zero-order valence-electron chi connectivity index (χ0n) is 12.0. The van der Waals surface area contributed by atoms with Crippen LogP contribution in [0.15, 0.2) is 35.7 Å². The summed E-state index contributed by atoms with van der Waals surface area (Å²) in [6.07, 6.45) is -1.07. The fourth-order valence-electron chi connectivity index (χ4n) is 1.72. The van der Waals surface area contributed by atoms with Crippen LogP contribution in [0.25, 0.3) is 0 Å². The molecule has 2 aromatic rings. The number of ether oxygens (including phenoxy) is 1. The number of hydrogen-bond donors (Lipinski definition) is 2. The second-order valence-electron chi connectivity index (χ2n) is 4.54. The third-order valence-corrected chi connectivity index (χ3v) is 4.07. The molecule has 2 rings (SSSR count). The van der Waals surface area contributed by atoms with Gasteiger partial charge >= 0.3 is 5.97 Å². The second kappa shape index (κ2) is 7.26. The third kappa shape index (κ3) is 4.08. The van der Waals surface area contributed by atoms with E-state index in [-0.39, 0.29) is 16.1 Å². The van der Waals surface area contributed by atoms with Crippen LogP contribution < -0.4 is 11.1 Å². The van der Waals surface area contributed by atoms with Gasteiger partial charge in [0, 0.05) is 0 Å². The Morgan fingerprint density at radius 2 is 1.91 bits per heavy atom. The number of esters is 1. The largest absolute Gasteiger partial charge is 0.449 e. The molecule has 0 radical (unpaired) electrons. The molecule has 8 heteroatoms. The first-order valence-corrected chi connectivity index (χ1v) is 7.79. The van der Waals surface area contributed by atoms with Gasteiger partial charge in [-0.25, -0.2) is 4.79 Å². The van der Waals surface area contributed by atoms with Crippen LogP contribution in [0.3, 0.4) is 0 Å².